The summed E-state index contributed by atoms with van der Waals surface area (Å²) >= 11 is 0. The van der Waals surface area contributed by atoms with E-state index in [0.717, 1.165) is 11.1 Å². The molecule has 0 spiro atoms. The van der Waals surface area contributed by atoms with E-state index in [-0.39, 0.29) is 5.70 Å². The number of aryl methyl sites for hydroxylation is 1. The van der Waals surface area contributed by atoms with Gasteiger partial charge in [0.05, 0.1) is 6.04 Å². The fourth-order valence-corrected chi connectivity index (χ4v) is 1.63. The fourth-order valence-electron chi connectivity index (χ4n) is 1.63. The Balaban J connectivity index is 2.32. The van der Waals surface area contributed by atoms with Crippen LogP contribution in [0.25, 0.3) is 0 Å². The molecule has 0 unspecified atom stereocenters. The molecule has 0 bridgehead atoms. The van der Waals surface area contributed by atoms with Gasteiger partial charge in [-0.25, -0.2) is 9.59 Å². The number of rotatable bonds is 2. The number of nitrogens with one attached hydrogen (secondary N) is 2. The van der Waals surface area contributed by atoms with Crippen LogP contribution < -0.4 is 10.6 Å². The van der Waals surface area contributed by atoms with E-state index in [9.17, 15) is 9.59 Å². The Morgan fingerprint density at radius 3 is 2.53 bits per heavy atom. The summed E-state index contributed by atoms with van der Waals surface area (Å²) < 4.78 is 0. The molecule has 0 saturated heterocycles. The van der Waals surface area contributed by atoms with Crippen LogP contribution in [0.2, 0.25) is 0 Å². The third-order valence-electron chi connectivity index (χ3n) is 2.54. The highest BCUT2D eigenvalue weighted by atomic mass is 16.4. The zero-order valence-corrected chi connectivity index (χ0v) is 9.23. The summed E-state index contributed by atoms with van der Waals surface area (Å²) in [7, 11) is 0. The maximum Gasteiger partial charge on any atom is 0.352 e. The Hall–Kier alpha value is -2.30. The molecular weight excluding hydrogens is 220 g/mol. The van der Waals surface area contributed by atoms with Crippen LogP contribution in [0.15, 0.2) is 36.0 Å². The Morgan fingerprint density at radius 2 is 1.94 bits per heavy atom. The lowest BCUT2D eigenvalue weighted by Gasteiger charge is -2.22. The van der Waals surface area contributed by atoms with Crippen molar-refractivity contribution >= 4 is 12.0 Å². The van der Waals surface area contributed by atoms with Gasteiger partial charge < -0.3 is 15.7 Å². The second kappa shape index (κ2) is 4.29. The molecule has 2 rings (SSSR count). The molecule has 1 aromatic rings. The summed E-state index contributed by atoms with van der Waals surface area (Å²) in [6.45, 7) is 1.96. The predicted octanol–water partition coefficient (Wildman–Crippen LogP) is 1.32. The smallest absolute Gasteiger partial charge is 0.352 e. The topological polar surface area (TPSA) is 78.4 Å². The van der Waals surface area contributed by atoms with Gasteiger partial charge in [0.1, 0.15) is 5.70 Å². The highest BCUT2D eigenvalue weighted by Gasteiger charge is 2.22. The molecular formula is C12H12N2O3. The number of benzene rings is 1. The fraction of sp³-hybridized carbons (Fsp3) is 0.167. The zero-order chi connectivity index (χ0) is 12.4. The van der Waals surface area contributed by atoms with Gasteiger partial charge in [-0.05, 0) is 18.6 Å². The van der Waals surface area contributed by atoms with Crippen molar-refractivity contribution in [2.24, 2.45) is 0 Å². The number of carbonyl (C=O) groups is 2. The Kier molecular flexibility index (Phi) is 2.82. The lowest BCUT2D eigenvalue weighted by Crippen LogP contribution is -2.43. The Morgan fingerprint density at radius 1 is 1.29 bits per heavy atom. The summed E-state index contributed by atoms with van der Waals surface area (Å²) in [4.78, 5) is 22.1. The molecule has 1 aliphatic heterocycles. The van der Waals surface area contributed by atoms with Crippen molar-refractivity contribution in [1.82, 2.24) is 10.6 Å². The minimum Gasteiger partial charge on any atom is -0.477 e. The maximum atomic E-state index is 11.3. The monoisotopic (exact) mass is 232 g/mol. The number of hydrogen-bond acceptors (Lipinski definition) is 2. The van der Waals surface area contributed by atoms with Crippen LogP contribution in [0, 0.1) is 6.92 Å². The Labute approximate surface area is 98.1 Å². The summed E-state index contributed by atoms with van der Waals surface area (Å²) in [6, 6.07) is 6.64. The van der Waals surface area contributed by atoms with Crippen LogP contribution >= 0.6 is 0 Å². The highest BCUT2D eigenvalue weighted by Crippen LogP contribution is 2.18. The van der Waals surface area contributed by atoms with E-state index in [1.807, 2.05) is 31.2 Å². The van der Waals surface area contributed by atoms with E-state index in [0.29, 0.717) is 0 Å². The van der Waals surface area contributed by atoms with Gasteiger partial charge in [-0.1, -0.05) is 29.8 Å². The Bertz CT molecular complexity index is 491. The molecule has 3 N–H and O–H groups in total. The van der Waals surface area contributed by atoms with E-state index in [1.165, 1.54) is 6.08 Å². The second-order valence-electron chi connectivity index (χ2n) is 3.87. The van der Waals surface area contributed by atoms with Gasteiger partial charge in [-0.3, -0.25) is 0 Å². The van der Waals surface area contributed by atoms with Gasteiger partial charge >= 0.3 is 12.0 Å². The molecule has 5 heteroatoms. The van der Waals surface area contributed by atoms with Crippen LogP contribution in [-0.4, -0.2) is 17.1 Å². The van der Waals surface area contributed by atoms with Gasteiger partial charge in [-0.15, -0.1) is 0 Å². The van der Waals surface area contributed by atoms with Gasteiger partial charge in [0.2, 0.25) is 0 Å². The molecule has 2 amide bonds. The van der Waals surface area contributed by atoms with Crippen molar-refractivity contribution in [3.63, 3.8) is 0 Å². The normalized spacial score (nSPS) is 19.0. The summed E-state index contributed by atoms with van der Waals surface area (Å²) in [5.74, 6) is -1.14. The molecule has 0 aromatic heterocycles. The van der Waals surface area contributed by atoms with Crippen molar-refractivity contribution in [3.05, 3.63) is 47.2 Å². The quantitative estimate of drug-likeness (QED) is 0.719. The SMILES string of the molecule is Cc1ccc([C@@H]2C=C(C(=O)O)NC(=O)N2)cc1. The second-order valence-corrected chi connectivity index (χ2v) is 3.87. The molecule has 0 saturated carbocycles. The molecule has 0 fully saturated rings. The van der Waals surface area contributed by atoms with Crippen LogP contribution in [0.3, 0.4) is 0 Å². The minimum absolute atomic E-state index is 0.0978. The first-order chi connectivity index (χ1) is 8.06. The summed E-state index contributed by atoms with van der Waals surface area (Å²) in [6.07, 6.45) is 1.48. The van der Waals surface area contributed by atoms with Crippen molar-refractivity contribution < 1.29 is 14.7 Å². The third kappa shape index (κ3) is 2.44. The third-order valence-corrected chi connectivity index (χ3v) is 2.54. The highest BCUT2D eigenvalue weighted by molar-refractivity contribution is 5.93. The first kappa shape index (κ1) is 11.2. The van der Waals surface area contributed by atoms with E-state index >= 15 is 0 Å². The summed E-state index contributed by atoms with van der Waals surface area (Å²) in [5, 5.41) is 13.7. The molecule has 1 heterocycles. The zero-order valence-electron chi connectivity index (χ0n) is 9.23. The van der Waals surface area contributed by atoms with Crippen molar-refractivity contribution in [3.8, 4) is 0 Å². The first-order valence-corrected chi connectivity index (χ1v) is 5.15. The lowest BCUT2D eigenvalue weighted by atomic mass is 10.0. The number of carbonyl (C=O) groups excluding carboxylic acids is 1. The van der Waals surface area contributed by atoms with Crippen molar-refractivity contribution in [2.45, 2.75) is 13.0 Å². The van der Waals surface area contributed by atoms with Gasteiger partial charge in [0.25, 0.3) is 0 Å². The van der Waals surface area contributed by atoms with Crippen molar-refractivity contribution in [2.75, 3.05) is 0 Å². The van der Waals surface area contributed by atoms with Crippen LogP contribution in [0.1, 0.15) is 17.2 Å². The molecule has 88 valence electrons. The largest absolute Gasteiger partial charge is 0.477 e. The van der Waals surface area contributed by atoms with Crippen LogP contribution in [0.5, 0.6) is 0 Å². The molecule has 17 heavy (non-hydrogen) atoms. The predicted molar refractivity (Wildman–Crippen MR) is 61.3 cm³/mol. The number of amides is 2. The van der Waals surface area contributed by atoms with Gasteiger partial charge in [0, 0.05) is 0 Å². The molecule has 5 nitrogen and oxygen atoms in total. The van der Waals surface area contributed by atoms with E-state index in [2.05, 4.69) is 10.6 Å². The average molecular weight is 232 g/mol. The number of carboxylic acids is 1. The first-order valence-electron chi connectivity index (χ1n) is 5.15. The molecule has 0 aliphatic carbocycles. The van der Waals surface area contributed by atoms with E-state index < -0.39 is 18.0 Å². The van der Waals surface area contributed by atoms with Gasteiger partial charge in [0.15, 0.2) is 0 Å². The molecule has 0 radical (unpaired) electrons. The van der Waals surface area contributed by atoms with Crippen LogP contribution in [0.4, 0.5) is 4.79 Å². The molecule has 1 aromatic carbocycles. The van der Waals surface area contributed by atoms with Crippen LogP contribution in [-0.2, 0) is 4.79 Å². The number of urea groups is 1. The minimum atomic E-state index is -1.14. The maximum absolute atomic E-state index is 11.3. The van der Waals surface area contributed by atoms with Gasteiger partial charge in [-0.2, -0.15) is 0 Å². The van der Waals surface area contributed by atoms with Crippen molar-refractivity contribution in [1.29, 1.82) is 0 Å². The standard InChI is InChI=1S/C12H12N2O3/c1-7-2-4-8(5-3-7)9-6-10(11(15)16)14-12(17)13-9/h2-6,9H,1H3,(H,15,16)(H2,13,14,17)/t9-/m0/s1. The number of aliphatic carboxylic acids is 1. The lowest BCUT2D eigenvalue weighted by molar-refractivity contribution is -0.133. The van der Waals surface area contributed by atoms with E-state index in [1.54, 1.807) is 0 Å². The van der Waals surface area contributed by atoms with E-state index in [4.69, 9.17) is 5.11 Å². The molecule has 1 aliphatic rings. The summed E-state index contributed by atoms with van der Waals surface area (Å²) in [5.41, 5.74) is 1.86. The molecule has 1 atom stereocenters. The number of carboxylic acid groups (broad SMARTS) is 1. The average Bonchev–Trinajstić information content (AvgIpc) is 2.29. The number of hydrogen-bond donors (Lipinski definition) is 3.